The van der Waals surface area contributed by atoms with Crippen molar-refractivity contribution < 1.29 is 14.3 Å². The van der Waals surface area contributed by atoms with Gasteiger partial charge in [0.05, 0.1) is 11.3 Å². The molecule has 1 N–H and O–H groups in total. The highest BCUT2D eigenvalue weighted by atomic mass is 32.1. The average Bonchev–Trinajstić information content (AvgIpc) is 2.94. The summed E-state index contributed by atoms with van der Waals surface area (Å²) in [6.45, 7) is 2.98. The molecule has 3 rings (SSSR count). The van der Waals surface area contributed by atoms with Gasteiger partial charge in [0.2, 0.25) is 0 Å². The molecule has 104 valence electrons. The first kappa shape index (κ1) is 12.9. The molecule has 0 atom stereocenters. The molecule has 2 aromatic rings. The molecule has 1 aliphatic rings. The van der Waals surface area contributed by atoms with E-state index in [-0.39, 0.29) is 5.91 Å². The van der Waals surface area contributed by atoms with E-state index in [4.69, 9.17) is 9.47 Å². The maximum atomic E-state index is 12.3. The summed E-state index contributed by atoms with van der Waals surface area (Å²) in [5, 5.41) is 5.33. The number of nitrogens with zero attached hydrogens (tertiary/aromatic N) is 1. The van der Waals surface area contributed by atoms with Crippen LogP contribution in [0.25, 0.3) is 0 Å². The van der Waals surface area contributed by atoms with Crippen LogP contribution in [0.3, 0.4) is 0 Å². The zero-order valence-electron chi connectivity index (χ0n) is 11.0. The molecule has 1 aromatic carbocycles. The lowest BCUT2D eigenvalue weighted by molar-refractivity contribution is 0.101. The van der Waals surface area contributed by atoms with Gasteiger partial charge in [0, 0.05) is 5.38 Å². The number of para-hydroxylation sites is 1. The lowest BCUT2D eigenvalue weighted by Gasteiger charge is -2.20. The highest BCUT2D eigenvalue weighted by Gasteiger charge is 2.20. The van der Waals surface area contributed by atoms with E-state index in [1.807, 2.05) is 12.3 Å². The molecule has 0 saturated heterocycles. The third-order valence-corrected chi connectivity index (χ3v) is 3.75. The zero-order chi connectivity index (χ0) is 13.9. The summed E-state index contributed by atoms with van der Waals surface area (Å²) in [6.07, 6.45) is 0.851. The first-order valence-corrected chi connectivity index (χ1v) is 7.30. The van der Waals surface area contributed by atoms with Crippen LogP contribution in [0.2, 0.25) is 0 Å². The molecule has 1 aromatic heterocycles. The van der Waals surface area contributed by atoms with Crippen molar-refractivity contribution in [3.8, 4) is 11.5 Å². The minimum atomic E-state index is -0.232. The Morgan fingerprint density at radius 1 is 1.40 bits per heavy atom. The van der Waals surface area contributed by atoms with E-state index in [2.05, 4.69) is 10.3 Å². The van der Waals surface area contributed by atoms with Gasteiger partial charge in [-0.15, -0.1) is 11.3 Å². The summed E-state index contributed by atoms with van der Waals surface area (Å²) in [5.41, 5.74) is 1.44. The average molecular weight is 290 g/mol. The van der Waals surface area contributed by atoms with Crippen molar-refractivity contribution in [2.24, 2.45) is 0 Å². The van der Waals surface area contributed by atoms with E-state index in [9.17, 15) is 4.79 Å². The van der Waals surface area contributed by atoms with Crippen LogP contribution in [-0.4, -0.2) is 24.1 Å². The van der Waals surface area contributed by atoms with E-state index < -0.39 is 0 Å². The number of carbonyl (C=O) groups is 1. The molecule has 2 heterocycles. The maximum Gasteiger partial charge on any atom is 0.261 e. The van der Waals surface area contributed by atoms with E-state index in [0.717, 1.165) is 12.1 Å². The smallest absolute Gasteiger partial charge is 0.261 e. The molecule has 5 nitrogen and oxygen atoms in total. The normalized spacial score (nSPS) is 13.1. The van der Waals surface area contributed by atoms with Crippen LogP contribution in [0.4, 0.5) is 5.13 Å². The number of aromatic nitrogens is 1. The fourth-order valence-corrected chi connectivity index (χ4v) is 2.73. The fourth-order valence-electron chi connectivity index (χ4n) is 1.94. The van der Waals surface area contributed by atoms with Gasteiger partial charge in [-0.25, -0.2) is 4.98 Å². The Morgan fingerprint density at radius 2 is 2.25 bits per heavy atom. The molecule has 6 heteroatoms. The summed E-state index contributed by atoms with van der Waals surface area (Å²) in [7, 11) is 0. The van der Waals surface area contributed by atoms with Crippen LogP contribution in [-0.2, 0) is 6.42 Å². The Hall–Kier alpha value is -2.08. The first-order chi connectivity index (χ1) is 9.78. The molecule has 0 aliphatic carbocycles. The van der Waals surface area contributed by atoms with Crippen molar-refractivity contribution in [1.29, 1.82) is 0 Å². The maximum absolute atomic E-state index is 12.3. The molecule has 20 heavy (non-hydrogen) atoms. The van der Waals surface area contributed by atoms with Gasteiger partial charge in [-0.3, -0.25) is 10.1 Å². The number of amides is 1. The van der Waals surface area contributed by atoms with Crippen LogP contribution in [0.15, 0.2) is 23.6 Å². The number of ether oxygens (including phenoxy) is 2. The van der Waals surface area contributed by atoms with Gasteiger partial charge < -0.3 is 9.47 Å². The highest BCUT2D eigenvalue weighted by Crippen LogP contribution is 2.34. The van der Waals surface area contributed by atoms with Gasteiger partial charge in [0.15, 0.2) is 16.6 Å². The van der Waals surface area contributed by atoms with E-state index >= 15 is 0 Å². The second-order valence-corrected chi connectivity index (χ2v) is 5.14. The summed E-state index contributed by atoms with van der Waals surface area (Å²) in [5.74, 6) is 0.880. The zero-order valence-corrected chi connectivity index (χ0v) is 11.8. The van der Waals surface area contributed by atoms with Crippen molar-refractivity contribution in [3.05, 3.63) is 34.8 Å². The Bertz CT molecular complexity index is 639. The lowest BCUT2D eigenvalue weighted by Crippen LogP contribution is -2.20. The van der Waals surface area contributed by atoms with Crippen LogP contribution in [0.1, 0.15) is 23.0 Å². The molecule has 0 saturated carbocycles. The monoisotopic (exact) mass is 290 g/mol. The molecular formula is C14H14N2O3S. The molecule has 0 radical (unpaired) electrons. The Morgan fingerprint density at radius 3 is 3.05 bits per heavy atom. The summed E-state index contributed by atoms with van der Waals surface area (Å²) in [4.78, 5) is 16.6. The minimum Gasteiger partial charge on any atom is -0.486 e. The van der Waals surface area contributed by atoms with Gasteiger partial charge >= 0.3 is 0 Å². The van der Waals surface area contributed by atoms with Crippen molar-refractivity contribution >= 4 is 22.4 Å². The van der Waals surface area contributed by atoms with Crippen molar-refractivity contribution in [2.75, 3.05) is 18.5 Å². The number of hydrogen-bond donors (Lipinski definition) is 1. The summed E-state index contributed by atoms with van der Waals surface area (Å²) in [6, 6.07) is 5.29. The van der Waals surface area contributed by atoms with Crippen LogP contribution >= 0.6 is 11.3 Å². The second kappa shape index (κ2) is 5.50. The third kappa shape index (κ3) is 2.46. The third-order valence-electron chi connectivity index (χ3n) is 2.95. The van der Waals surface area contributed by atoms with E-state index in [0.29, 0.717) is 35.4 Å². The second-order valence-electron chi connectivity index (χ2n) is 4.28. The predicted octanol–water partition coefficient (Wildman–Crippen LogP) is 2.73. The summed E-state index contributed by atoms with van der Waals surface area (Å²) < 4.78 is 11.0. The molecule has 0 spiro atoms. The molecule has 1 amide bonds. The van der Waals surface area contributed by atoms with Gasteiger partial charge in [-0.2, -0.15) is 0 Å². The Balaban J connectivity index is 1.83. The van der Waals surface area contributed by atoms with Gasteiger partial charge in [-0.1, -0.05) is 13.0 Å². The number of hydrogen-bond acceptors (Lipinski definition) is 5. The molecular weight excluding hydrogens is 276 g/mol. The Labute approximate surface area is 120 Å². The van der Waals surface area contributed by atoms with E-state index in [1.54, 1.807) is 18.2 Å². The molecule has 0 fully saturated rings. The number of thiazole rings is 1. The highest BCUT2D eigenvalue weighted by molar-refractivity contribution is 7.13. The minimum absolute atomic E-state index is 0.232. The van der Waals surface area contributed by atoms with Crippen LogP contribution in [0, 0.1) is 0 Å². The Kier molecular flexibility index (Phi) is 3.56. The molecule has 1 aliphatic heterocycles. The standard InChI is InChI=1S/C14H14N2O3S/c1-2-9-8-20-14(15-9)16-13(17)10-4-3-5-11-12(10)19-7-6-18-11/h3-5,8H,2,6-7H2,1H3,(H,15,16,17). The number of aryl methyl sites for hydroxylation is 1. The quantitative estimate of drug-likeness (QED) is 0.944. The van der Waals surface area contributed by atoms with Crippen molar-refractivity contribution in [1.82, 2.24) is 4.98 Å². The topological polar surface area (TPSA) is 60.5 Å². The number of nitrogens with one attached hydrogen (secondary N) is 1. The molecule has 0 bridgehead atoms. The van der Waals surface area contributed by atoms with Crippen molar-refractivity contribution in [3.63, 3.8) is 0 Å². The van der Waals surface area contributed by atoms with E-state index in [1.165, 1.54) is 11.3 Å². The lowest BCUT2D eigenvalue weighted by atomic mass is 10.1. The van der Waals surface area contributed by atoms with Gasteiger partial charge in [0.1, 0.15) is 13.2 Å². The number of benzene rings is 1. The fraction of sp³-hybridized carbons (Fsp3) is 0.286. The summed E-state index contributed by atoms with van der Waals surface area (Å²) >= 11 is 1.42. The predicted molar refractivity (Wildman–Crippen MR) is 76.9 cm³/mol. The molecule has 0 unspecified atom stereocenters. The number of fused-ring (bicyclic) bond motifs is 1. The van der Waals surface area contributed by atoms with Crippen LogP contribution < -0.4 is 14.8 Å². The number of anilines is 1. The van der Waals surface area contributed by atoms with Crippen LogP contribution in [0.5, 0.6) is 11.5 Å². The largest absolute Gasteiger partial charge is 0.486 e. The number of rotatable bonds is 3. The van der Waals surface area contributed by atoms with Crippen molar-refractivity contribution in [2.45, 2.75) is 13.3 Å². The first-order valence-electron chi connectivity index (χ1n) is 6.42. The van der Waals surface area contributed by atoms with Gasteiger partial charge in [0.25, 0.3) is 5.91 Å². The van der Waals surface area contributed by atoms with Gasteiger partial charge in [-0.05, 0) is 18.6 Å². The SMILES string of the molecule is CCc1csc(NC(=O)c2cccc3c2OCCO3)n1. The number of carbonyl (C=O) groups excluding carboxylic acids is 1.